The molecule has 0 bridgehead atoms. The van der Waals surface area contributed by atoms with E-state index in [-0.39, 0.29) is 0 Å². The Hall–Kier alpha value is -1.69. The molecule has 0 radical (unpaired) electrons. The van der Waals surface area contributed by atoms with Gasteiger partial charge in [0.15, 0.2) is 0 Å². The maximum atomic E-state index is 5.92. The van der Waals surface area contributed by atoms with Crippen molar-refractivity contribution >= 4 is 10.9 Å². The van der Waals surface area contributed by atoms with Gasteiger partial charge in [-0.25, -0.2) is 0 Å². The molecule has 0 unspecified atom stereocenters. The predicted molar refractivity (Wildman–Crippen MR) is 82.4 cm³/mol. The van der Waals surface area contributed by atoms with Crippen molar-refractivity contribution in [1.29, 1.82) is 0 Å². The van der Waals surface area contributed by atoms with Crippen LogP contribution in [0.1, 0.15) is 12.0 Å². The second-order valence-electron chi connectivity index (χ2n) is 4.64. The van der Waals surface area contributed by atoms with Crippen LogP contribution in [0.3, 0.4) is 0 Å². The van der Waals surface area contributed by atoms with E-state index in [1.54, 1.807) is 13.3 Å². The first-order chi connectivity index (χ1) is 10.4. The van der Waals surface area contributed by atoms with Gasteiger partial charge in [0.1, 0.15) is 5.75 Å². The normalized spacial score (nSPS) is 11.0. The van der Waals surface area contributed by atoms with Crippen LogP contribution in [0, 0.1) is 0 Å². The molecule has 0 atom stereocenters. The molecule has 0 spiro atoms. The number of aromatic nitrogens is 1. The fourth-order valence-electron chi connectivity index (χ4n) is 2.05. The smallest absolute Gasteiger partial charge is 0.134 e. The minimum Gasteiger partial charge on any atom is -0.492 e. The quantitative estimate of drug-likeness (QED) is 0.717. The maximum absolute atomic E-state index is 5.92. The number of fused-ring (bicyclic) bond motifs is 1. The average Bonchev–Trinajstić information content (AvgIpc) is 2.54. The standard InChI is InChI=1S/C16H22N2O3/c1-19-9-10-20-7-4-8-21-16-13(11-17)12-18-15-6-3-2-5-14(15)16/h2-3,5-6,12H,4,7-11,17H2,1H3. The Morgan fingerprint density at radius 3 is 2.76 bits per heavy atom. The summed E-state index contributed by atoms with van der Waals surface area (Å²) in [6, 6.07) is 7.91. The molecule has 0 aliphatic carbocycles. The van der Waals surface area contributed by atoms with Gasteiger partial charge < -0.3 is 19.9 Å². The van der Waals surface area contributed by atoms with Gasteiger partial charge in [0, 0.05) is 43.8 Å². The molecular formula is C16H22N2O3. The van der Waals surface area contributed by atoms with Gasteiger partial charge in [0.05, 0.1) is 25.3 Å². The fourth-order valence-corrected chi connectivity index (χ4v) is 2.05. The SMILES string of the molecule is COCCOCCCOc1c(CN)cnc2ccccc12. The van der Waals surface area contributed by atoms with E-state index in [1.807, 2.05) is 24.3 Å². The highest BCUT2D eigenvalue weighted by molar-refractivity contribution is 5.86. The summed E-state index contributed by atoms with van der Waals surface area (Å²) in [6.45, 7) is 2.89. The predicted octanol–water partition coefficient (Wildman–Crippen LogP) is 2.13. The Morgan fingerprint density at radius 1 is 1.10 bits per heavy atom. The fraction of sp³-hybridized carbons (Fsp3) is 0.438. The van der Waals surface area contributed by atoms with E-state index in [9.17, 15) is 0 Å². The number of methoxy groups -OCH3 is 1. The van der Waals surface area contributed by atoms with Gasteiger partial charge >= 0.3 is 0 Å². The lowest BCUT2D eigenvalue weighted by Gasteiger charge is -2.13. The summed E-state index contributed by atoms with van der Waals surface area (Å²) < 4.78 is 16.2. The molecule has 5 nitrogen and oxygen atoms in total. The first kappa shape index (κ1) is 15.7. The molecule has 114 valence electrons. The topological polar surface area (TPSA) is 66.6 Å². The zero-order chi connectivity index (χ0) is 14.9. The van der Waals surface area contributed by atoms with Crippen LogP contribution in [0.4, 0.5) is 0 Å². The minimum atomic E-state index is 0.414. The van der Waals surface area contributed by atoms with E-state index in [0.29, 0.717) is 33.0 Å². The number of benzene rings is 1. The second-order valence-corrected chi connectivity index (χ2v) is 4.64. The Kier molecular flexibility index (Phi) is 6.40. The van der Waals surface area contributed by atoms with Crippen LogP contribution < -0.4 is 10.5 Å². The molecule has 2 rings (SSSR count). The lowest BCUT2D eigenvalue weighted by atomic mass is 10.1. The van der Waals surface area contributed by atoms with Gasteiger partial charge in [0.2, 0.25) is 0 Å². The largest absolute Gasteiger partial charge is 0.492 e. The van der Waals surface area contributed by atoms with Gasteiger partial charge in [-0.1, -0.05) is 12.1 Å². The minimum absolute atomic E-state index is 0.414. The van der Waals surface area contributed by atoms with Gasteiger partial charge in [-0.05, 0) is 12.1 Å². The van der Waals surface area contributed by atoms with Crippen molar-refractivity contribution in [1.82, 2.24) is 4.98 Å². The highest BCUT2D eigenvalue weighted by Gasteiger charge is 2.08. The van der Waals surface area contributed by atoms with Gasteiger partial charge in [-0.2, -0.15) is 0 Å². The highest BCUT2D eigenvalue weighted by Crippen LogP contribution is 2.28. The molecule has 1 heterocycles. The van der Waals surface area contributed by atoms with Gasteiger partial charge in [0.25, 0.3) is 0 Å². The third-order valence-corrected chi connectivity index (χ3v) is 3.13. The first-order valence-corrected chi connectivity index (χ1v) is 7.13. The molecule has 5 heteroatoms. The Labute approximate surface area is 125 Å². The molecule has 0 aliphatic rings. The zero-order valence-electron chi connectivity index (χ0n) is 12.4. The Balaban J connectivity index is 1.94. The van der Waals surface area contributed by atoms with Crippen molar-refractivity contribution in [3.63, 3.8) is 0 Å². The summed E-state index contributed by atoms with van der Waals surface area (Å²) in [5, 5.41) is 1.00. The Bertz CT molecular complexity index is 560. The van der Waals surface area contributed by atoms with Crippen molar-refractivity contribution in [2.24, 2.45) is 5.73 Å². The van der Waals surface area contributed by atoms with E-state index < -0.39 is 0 Å². The molecule has 0 aliphatic heterocycles. The molecule has 2 aromatic rings. The molecule has 0 saturated heterocycles. The summed E-state index contributed by atoms with van der Waals surface area (Å²) in [7, 11) is 1.66. The van der Waals surface area contributed by atoms with E-state index >= 15 is 0 Å². The van der Waals surface area contributed by atoms with Crippen molar-refractivity contribution in [2.45, 2.75) is 13.0 Å². The summed E-state index contributed by atoms with van der Waals surface area (Å²) in [5.41, 5.74) is 7.61. The lowest BCUT2D eigenvalue weighted by Crippen LogP contribution is -2.09. The number of nitrogens with two attached hydrogens (primary N) is 1. The third-order valence-electron chi connectivity index (χ3n) is 3.13. The lowest BCUT2D eigenvalue weighted by molar-refractivity contribution is 0.0644. The molecule has 1 aromatic carbocycles. The average molecular weight is 290 g/mol. The number of pyridine rings is 1. The van der Waals surface area contributed by atoms with E-state index in [0.717, 1.165) is 28.6 Å². The van der Waals surface area contributed by atoms with Crippen molar-refractivity contribution < 1.29 is 14.2 Å². The van der Waals surface area contributed by atoms with Gasteiger partial charge in [-0.15, -0.1) is 0 Å². The highest BCUT2D eigenvalue weighted by atomic mass is 16.5. The van der Waals surface area contributed by atoms with Crippen LogP contribution in [0.2, 0.25) is 0 Å². The summed E-state index contributed by atoms with van der Waals surface area (Å²) in [4.78, 5) is 4.39. The third kappa shape index (κ3) is 4.39. The van der Waals surface area contributed by atoms with Crippen LogP contribution in [0.25, 0.3) is 10.9 Å². The molecule has 2 N–H and O–H groups in total. The van der Waals surface area contributed by atoms with Crippen LogP contribution in [-0.2, 0) is 16.0 Å². The summed E-state index contributed by atoms with van der Waals surface area (Å²) in [5.74, 6) is 0.833. The van der Waals surface area contributed by atoms with E-state index in [2.05, 4.69) is 4.98 Å². The molecule has 0 amide bonds. The molecule has 1 aromatic heterocycles. The van der Waals surface area contributed by atoms with Crippen LogP contribution in [0.15, 0.2) is 30.5 Å². The molecular weight excluding hydrogens is 268 g/mol. The van der Waals surface area contributed by atoms with Crippen LogP contribution in [0.5, 0.6) is 5.75 Å². The maximum Gasteiger partial charge on any atom is 0.134 e. The number of hydrogen-bond acceptors (Lipinski definition) is 5. The first-order valence-electron chi connectivity index (χ1n) is 7.13. The number of nitrogens with zero attached hydrogens (tertiary/aromatic N) is 1. The summed E-state index contributed by atoms with van der Waals surface area (Å²) >= 11 is 0. The van der Waals surface area contributed by atoms with Crippen LogP contribution in [-0.4, -0.2) is 38.5 Å². The number of hydrogen-bond donors (Lipinski definition) is 1. The van der Waals surface area contributed by atoms with E-state index in [4.69, 9.17) is 19.9 Å². The number of para-hydroxylation sites is 1. The Morgan fingerprint density at radius 2 is 1.95 bits per heavy atom. The van der Waals surface area contributed by atoms with Gasteiger partial charge in [-0.3, -0.25) is 4.98 Å². The van der Waals surface area contributed by atoms with Crippen molar-refractivity contribution in [2.75, 3.05) is 33.5 Å². The monoisotopic (exact) mass is 290 g/mol. The number of ether oxygens (including phenoxy) is 3. The molecule has 21 heavy (non-hydrogen) atoms. The van der Waals surface area contributed by atoms with E-state index in [1.165, 1.54) is 0 Å². The molecule has 0 saturated carbocycles. The van der Waals surface area contributed by atoms with Crippen molar-refractivity contribution in [3.8, 4) is 5.75 Å². The summed E-state index contributed by atoms with van der Waals surface area (Å²) in [6.07, 6.45) is 2.61. The van der Waals surface area contributed by atoms with Crippen LogP contribution >= 0.6 is 0 Å². The number of rotatable bonds is 9. The second kappa shape index (κ2) is 8.56. The molecule has 0 fully saturated rings. The zero-order valence-corrected chi connectivity index (χ0v) is 12.4. The van der Waals surface area contributed by atoms with Crippen molar-refractivity contribution in [3.05, 3.63) is 36.0 Å².